The predicted molar refractivity (Wildman–Crippen MR) is 48.8 cm³/mol. The molecule has 0 unspecified atom stereocenters. The van der Waals surface area contributed by atoms with Gasteiger partial charge in [-0.2, -0.15) is 0 Å². The average molecular weight is 182 g/mol. The van der Waals surface area contributed by atoms with E-state index in [9.17, 15) is 9.59 Å². The summed E-state index contributed by atoms with van der Waals surface area (Å²) in [5, 5.41) is 0. The van der Waals surface area contributed by atoms with Crippen molar-refractivity contribution in [3.63, 3.8) is 0 Å². The van der Waals surface area contributed by atoms with E-state index in [1.807, 2.05) is 19.0 Å². The summed E-state index contributed by atoms with van der Waals surface area (Å²) in [4.78, 5) is 25.6. The first-order valence-electron chi connectivity index (χ1n) is 4.20. The number of piperidine rings is 1. The normalized spacial score (nSPS) is 21.2. The zero-order valence-electron chi connectivity index (χ0n) is 8.20. The van der Waals surface area contributed by atoms with Crippen LogP contribution in [0, 0.1) is 0 Å². The number of amides is 2. The number of likely N-dealkylation sites (tertiary alicyclic amines) is 1. The van der Waals surface area contributed by atoms with Gasteiger partial charge in [0.2, 0.25) is 5.91 Å². The van der Waals surface area contributed by atoms with E-state index in [-0.39, 0.29) is 11.8 Å². The van der Waals surface area contributed by atoms with Gasteiger partial charge in [0.1, 0.15) is 0 Å². The van der Waals surface area contributed by atoms with Gasteiger partial charge in [0.15, 0.2) is 0 Å². The van der Waals surface area contributed by atoms with Crippen LogP contribution in [0.15, 0.2) is 11.8 Å². The van der Waals surface area contributed by atoms with Gasteiger partial charge in [-0.15, -0.1) is 0 Å². The first-order chi connectivity index (χ1) is 6.02. The lowest BCUT2D eigenvalue weighted by Gasteiger charge is -2.23. The first kappa shape index (κ1) is 9.77. The molecule has 0 aromatic carbocycles. The molecule has 4 nitrogen and oxygen atoms in total. The zero-order valence-corrected chi connectivity index (χ0v) is 8.20. The highest BCUT2D eigenvalue weighted by Crippen LogP contribution is 2.16. The van der Waals surface area contributed by atoms with Crippen molar-refractivity contribution in [1.82, 2.24) is 9.80 Å². The minimum Gasteiger partial charge on any atom is -0.383 e. The maximum atomic E-state index is 11.5. The minimum atomic E-state index is -0.176. The fourth-order valence-corrected chi connectivity index (χ4v) is 1.28. The Morgan fingerprint density at radius 1 is 1.31 bits per heavy atom. The summed E-state index contributed by atoms with van der Waals surface area (Å²) in [7, 11) is 5.24. The molecule has 4 heteroatoms. The van der Waals surface area contributed by atoms with E-state index >= 15 is 0 Å². The van der Waals surface area contributed by atoms with Crippen LogP contribution in [-0.2, 0) is 9.59 Å². The van der Waals surface area contributed by atoms with Crippen molar-refractivity contribution in [3.05, 3.63) is 11.8 Å². The van der Waals surface area contributed by atoms with Gasteiger partial charge in [-0.25, -0.2) is 0 Å². The van der Waals surface area contributed by atoms with E-state index in [0.29, 0.717) is 18.4 Å². The number of likely N-dealkylation sites (N-methyl/N-ethyl adjacent to an activating group) is 1. The zero-order chi connectivity index (χ0) is 10.0. The monoisotopic (exact) mass is 182 g/mol. The largest absolute Gasteiger partial charge is 0.383 e. The highest BCUT2D eigenvalue weighted by Gasteiger charge is 2.26. The van der Waals surface area contributed by atoms with E-state index in [1.165, 1.54) is 11.9 Å². The molecule has 1 fully saturated rings. The number of hydrogen-bond acceptors (Lipinski definition) is 3. The van der Waals surface area contributed by atoms with Crippen LogP contribution >= 0.6 is 0 Å². The lowest BCUT2D eigenvalue weighted by Crippen LogP contribution is -2.38. The topological polar surface area (TPSA) is 40.6 Å². The van der Waals surface area contributed by atoms with Crippen molar-refractivity contribution in [1.29, 1.82) is 0 Å². The van der Waals surface area contributed by atoms with Crippen LogP contribution in [0.2, 0.25) is 0 Å². The first-order valence-corrected chi connectivity index (χ1v) is 4.20. The van der Waals surface area contributed by atoms with Gasteiger partial charge in [0, 0.05) is 39.3 Å². The van der Waals surface area contributed by atoms with Crippen LogP contribution < -0.4 is 0 Å². The van der Waals surface area contributed by atoms with Crippen molar-refractivity contribution in [2.24, 2.45) is 0 Å². The number of nitrogens with zero attached hydrogens (tertiary/aromatic N) is 2. The number of hydrogen-bond donors (Lipinski definition) is 0. The summed E-state index contributed by atoms with van der Waals surface area (Å²) in [5.41, 5.74) is 0.701. The van der Waals surface area contributed by atoms with Gasteiger partial charge in [-0.3, -0.25) is 14.5 Å². The fourth-order valence-electron chi connectivity index (χ4n) is 1.28. The molecule has 1 aliphatic rings. The summed E-state index contributed by atoms with van der Waals surface area (Å²) in [6, 6.07) is 0. The summed E-state index contributed by atoms with van der Waals surface area (Å²) in [6.45, 7) is 0. The third-order valence-electron chi connectivity index (χ3n) is 1.98. The van der Waals surface area contributed by atoms with E-state index in [4.69, 9.17) is 0 Å². The summed E-state index contributed by atoms with van der Waals surface area (Å²) in [6.07, 6.45) is 2.76. The molecule has 0 aromatic rings. The highest BCUT2D eigenvalue weighted by molar-refractivity contribution is 6.06. The molecule has 0 aliphatic carbocycles. The number of rotatable bonds is 1. The minimum absolute atomic E-state index is 0.0964. The number of carbonyl (C=O) groups is 2. The molecule has 0 atom stereocenters. The second kappa shape index (κ2) is 3.60. The Morgan fingerprint density at radius 2 is 1.92 bits per heavy atom. The molecule has 0 N–H and O–H groups in total. The van der Waals surface area contributed by atoms with Crippen LogP contribution in [0.5, 0.6) is 0 Å². The van der Waals surface area contributed by atoms with Crippen LogP contribution in [0.25, 0.3) is 0 Å². The summed E-state index contributed by atoms with van der Waals surface area (Å²) >= 11 is 0. The average Bonchev–Trinajstić information content (AvgIpc) is 2.06. The van der Waals surface area contributed by atoms with Gasteiger partial charge in [0.05, 0.1) is 0 Å². The van der Waals surface area contributed by atoms with Crippen molar-refractivity contribution in [2.45, 2.75) is 12.8 Å². The maximum absolute atomic E-state index is 11.5. The SMILES string of the molecule is CN(C)C=C1CCC(=O)N(C)C1=O. The van der Waals surface area contributed by atoms with Crippen molar-refractivity contribution < 1.29 is 9.59 Å². The molecule has 1 saturated heterocycles. The smallest absolute Gasteiger partial charge is 0.257 e. The van der Waals surface area contributed by atoms with Gasteiger partial charge in [0.25, 0.3) is 5.91 Å². The second-order valence-corrected chi connectivity index (χ2v) is 3.38. The lowest BCUT2D eigenvalue weighted by atomic mass is 10.0. The molecular formula is C9H14N2O2. The quantitative estimate of drug-likeness (QED) is 0.430. The van der Waals surface area contributed by atoms with Crippen LogP contribution in [-0.4, -0.2) is 42.8 Å². The standard InChI is InChI=1S/C9H14N2O2/c1-10(2)6-7-4-5-8(12)11(3)9(7)13/h6H,4-5H2,1-3H3. The molecule has 0 saturated carbocycles. The van der Waals surface area contributed by atoms with E-state index in [0.717, 1.165) is 0 Å². The van der Waals surface area contributed by atoms with Crippen LogP contribution in [0.3, 0.4) is 0 Å². The number of imide groups is 1. The van der Waals surface area contributed by atoms with Crippen molar-refractivity contribution >= 4 is 11.8 Å². The maximum Gasteiger partial charge on any atom is 0.257 e. The highest BCUT2D eigenvalue weighted by atomic mass is 16.2. The van der Waals surface area contributed by atoms with Crippen molar-refractivity contribution in [3.8, 4) is 0 Å². The Bertz CT molecular complexity index is 269. The summed E-state index contributed by atoms with van der Waals surface area (Å²) in [5.74, 6) is -0.272. The molecular weight excluding hydrogens is 168 g/mol. The fraction of sp³-hybridized carbons (Fsp3) is 0.556. The van der Waals surface area contributed by atoms with Crippen LogP contribution in [0.4, 0.5) is 0 Å². The van der Waals surface area contributed by atoms with Crippen LogP contribution in [0.1, 0.15) is 12.8 Å². The lowest BCUT2D eigenvalue weighted by molar-refractivity contribution is -0.142. The Kier molecular flexibility index (Phi) is 2.70. The van der Waals surface area contributed by atoms with Gasteiger partial charge in [-0.1, -0.05) is 0 Å². The van der Waals surface area contributed by atoms with E-state index in [1.54, 1.807) is 6.20 Å². The third-order valence-corrected chi connectivity index (χ3v) is 1.98. The Hall–Kier alpha value is -1.32. The van der Waals surface area contributed by atoms with E-state index in [2.05, 4.69) is 0 Å². The molecule has 0 aromatic heterocycles. The Balaban J connectivity index is 2.81. The number of carbonyl (C=O) groups excluding carboxylic acids is 2. The molecule has 0 spiro atoms. The second-order valence-electron chi connectivity index (χ2n) is 3.38. The predicted octanol–water partition coefficient (Wildman–Crippen LogP) is 0.211. The summed E-state index contributed by atoms with van der Waals surface area (Å²) < 4.78 is 0. The third kappa shape index (κ3) is 2.08. The molecule has 1 aliphatic heterocycles. The molecule has 1 rings (SSSR count). The molecule has 13 heavy (non-hydrogen) atoms. The molecule has 1 heterocycles. The molecule has 2 amide bonds. The molecule has 0 bridgehead atoms. The molecule has 0 radical (unpaired) electrons. The van der Waals surface area contributed by atoms with Gasteiger partial charge < -0.3 is 4.90 Å². The van der Waals surface area contributed by atoms with Gasteiger partial charge >= 0.3 is 0 Å². The van der Waals surface area contributed by atoms with Crippen molar-refractivity contribution in [2.75, 3.05) is 21.1 Å². The van der Waals surface area contributed by atoms with Gasteiger partial charge in [-0.05, 0) is 6.42 Å². The Morgan fingerprint density at radius 3 is 2.46 bits per heavy atom. The Labute approximate surface area is 77.8 Å². The molecule has 72 valence electrons. The van der Waals surface area contributed by atoms with E-state index < -0.39 is 0 Å².